The molecule has 2 aromatic heterocycles. The quantitative estimate of drug-likeness (QED) is 0.595. The van der Waals surface area contributed by atoms with Crippen molar-refractivity contribution in [1.29, 1.82) is 5.26 Å². The fourth-order valence-electron chi connectivity index (χ4n) is 2.65. The number of hydrogen-bond acceptors (Lipinski definition) is 7. The Morgan fingerprint density at radius 3 is 2.79 bits per heavy atom. The number of aromatic nitrogens is 2. The molecule has 0 spiro atoms. The molecule has 0 aliphatic heterocycles. The number of benzene rings is 1. The smallest absolute Gasteiger partial charge is 0.226 e. The molecule has 28 heavy (non-hydrogen) atoms. The average Bonchev–Trinajstić information content (AvgIpc) is 3.07. The van der Waals surface area contributed by atoms with Crippen LogP contribution < -0.4 is 10.1 Å². The SMILES string of the molecule is COc1ccc2nc(NC(=O)CCSc3nc(C)c(C)c(C)c3C#N)sc2c1. The number of anilines is 1. The first-order valence-corrected chi connectivity index (χ1v) is 10.5. The maximum atomic E-state index is 12.3. The molecule has 0 atom stereocenters. The molecule has 144 valence electrons. The standard InChI is InChI=1S/C20H20N4O2S2/c1-11-12(2)15(10-21)19(22-13(11)3)27-8-7-18(25)24-20-23-16-6-5-14(26-4)9-17(16)28-20/h5-6,9H,7-8H2,1-4H3,(H,23,24,25). The number of ether oxygens (including phenoxy) is 1. The molecule has 0 aliphatic carbocycles. The molecule has 3 rings (SSSR count). The van der Waals surface area contributed by atoms with E-state index in [2.05, 4.69) is 21.4 Å². The van der Waals surface area contributed by atoms with Gasteiger partial charge in [0.2, 0.25) is 5.91 Å². The molecule has 2 heterocycles. The third-order valence-electron chi connectivity index (χ3n) is 4.48. The highest BCUT2D eigenvalue weighted by atomic mass is 32.2. The van der Waals surface area contributed by atoms with E-state index in [1.165, 1.54) is 23.1 Å². The molecule has 1 amide bonds. The summed E-state index contributed by atoms with van der Waals surface area (Å²) < 4.78 is 6.17. The van der Waals surface area contributed by atoms with E-state index in [1.807, 2.05) is 39.0 Å². The van der Waals surface area contributed by atoms with E-state index in [0.29, 0.717) is 27.9 Å². The number of nitrogens with one attached hydrogen (secondary N) is 1. The van der Waals surface area contributed by atoms with Crippen LogP contribution in [-0.4, -0.2) is 28.7 Å². The highest BCUT2D eigenvalue weighted by Crippen LogP contribution is 2.30. The Bertz CT molecular complexity index is 1090. The topological polar surface area (TPSA) is 87.9 Å². The number of fused-ring (bicyclic) bond motifs is 1. The Labute approximate surface area is 172 Å². The predicted molar refractivity (Wildman–Crippen MR) is 113 cm³/mol. The van der Waals surface area contributed by atoms with Crippen LogP contribution in [0.25, 0.3) is 10.2 Å². The van der Waals surface area contributed by atoms with Gasteiger partial charge in [-0.1, -0.05) is 11.3 Å². The molecule has 1 N–H and O–H groups in total. The van der Waals surface area contributed by atoms with E-state index in [4.69, 9.17) is 4.74 Å². The molecule has 0 unspecified atom stereocenters. The summed E-state index contributed by atoms with van der Waals surface area (Å²) >= 11 is 2.84. The summed E-state index contributed by atoms with van der Waals surface area (Å²) in [6, 6.07) is 7.84. The molecule has 0 bridgehead atoms. The summed E-state index contributed by atoms with van der Waals surface area (Å²) in [6.07, 6.45) is 0.308. The van der Waals surface area contributed by atoms with Crippen molar-refractivity contribution >= 4 is 44.4 Å². The Balaban J connectivity index is 1.62. The van der Waals surface area contributed by atoms with Crippen LogP contribution in [0.4, 0.5) is 5.13 Å². The summed E-state index contributed by atoms with van der Waals surface area (Å²) in [5.41, 5.74) is 4.31. The van der Waals surface area contributed by atoms with Crippen LogP contribution in [0.1, 0.15) is 28.8 Å². The number of nitrogens with zero attached hydrogens (tertiary/aromatic N) is 3. The molecule has 0 saturated heterocycles. The van der Waals surface area contributed by atoms with Gasteiger partial charge in [-0.3, -0.25) is 4.79 Å². The van der Waals surface area contributed by atoms with Gasteiger partial charge < -0.3 is 10.1 Å². The molecule has 0 fully saturated rings. The van der Waals surface area contributed by atoms with Crippen LogP contribution >= 0.6 is 23.1 Å². The zero-order valence-electron chi connectivity index (χ0n) is 16.1. The molecular formula is C20H20N4O2S2. The molecule has 0 aliphatic rings. The third-order valence-corrected chi connectivity index (χ3v) is 6.40. The highest BCUT2D eigenvalue weighted by Gasteiger charge is 2.14. The summed E-state index contributed by atoms with van der Waals surface area (Å²) in [6.45, 7) is 5.83. The Hall–Kier alpha value is -2.63. The lowest BCUT2D eigenvalue weighted by molar-refractivity contribution is -0.115. The van der Waals surface area contributed by atoms with Gasteiger partial charge in [-0.15, -0.1) is 11.8 Å². The summed E-state index contributed by atoms with van der Waals surface area (Å²) in [7, 11) is 1.62. The van der Waals surface area contributed by atoms with Gasteiger partial charge in [0.1, 0.15) is 16.8 Å². The van der Waals surface area contributed by atoms with Crippen molar-refractivity contribution < 1.29 is 9.53 Å². The Kier molecular flexibility index (Phi) is 6.17. The van der Waals surface area contributed by atoms with Gasteiger partial charge in [0.05, 0.1) is 22.9 Å². The molecular weight excluding hydrogens is 392 g/mol. The lowest BCUT2D eigenvalue weighted by Crippen LogP contribution is -2.12. The minimum Gasteiger partial charge on any atom is -0.497 e. The van der Waals surface area contributed by atoms with E-state index in [-0.39, 0.29) is 5.91 Å². The van der Waals surface area contributed by atoms with E-state index in [1.54, 1.807) is 7.11 Å². The van der Waals surface area contributed by atoms with E-state index >= 15 is 0 Å². The second kappa shape index (κ2) is 8.59. The first-order valence-electron chi connectivity index (χ1n) is 8.68. The number of hydrogen-bond donors (Lipinski definition) is 1. The lowest BCUT2D eigenvalue weighted by atomic mass is 10.1. The van der Waals surface area contributed by atoms with Gasteiger partial charge in [-0.2, -0.15) is 5.26 Å². The fraction of sp³-hybridized carbons (Fsp3) is 0.300. The first kappa shape index (κ1) is 20.1. The first-order chi connectivity index (χ1) is 13.4. The molecule has 8 heteroatoms. The van der Waals surface area contributed by atoms with Gasteiger partial charge in [0.15, 0.2) is 5.13 Å². The monoisotopic (exact) mass is 412 g/mol. The zero-order chi connectivity index (χ0) is 20.3. The van der Waals surface area contributed by atoms with Crippen molar-refractivity contribution in [2.24, 2.45) is 0 Å². The van der Waals surface area contributed by atoms with Crippen LogP contribution in [0, 0.1) is 32.1 Å². The second-order valence-corrected chi connectivity index (χ2v) is 8.35. The number of thiazole rings is 1. The number of methoxy groups -OCH3 is 1. The van der Waals surface area contributed by atoms with Crippen LogP contribution in [0.3, 0.4) is 0 Å². The van der Waals surface area contributed by atoms with E-state index < -0.39 is 0 Å². The Morgan fingerprint density at radius 2 is 2.07 bits per heavy atom. The number of amides is 1. The number of aryl methyl sites for hydroxylation is 1. The number of pyridine rings is 1. The zero-order valence-corrected chi connectivity index (χ0v) is 17.8. The van der Waals surface area contributed by atoms with Crippen LogP contribution in [0.15, 0.2) is 23.2 Å². The number of carbonyl (C=O) groups is 1. The fourth-order valence-corrected chi connectivity index (χ4v) is 4.59. The molecule has 0 radical (unpaired) electrons. The predicted octanol–water partition coefficient (Wildman–Crippen LogP) is 4.62. The number of carbonyl (C=O) groups excluding carboxylic acids is 1. The van der Waals surface area contributed by atoms with Crippen LogP contribution in [0.2, 0.25) is 0 Å². The van der Waals surface area contributed by atoms with Gasteiger partial charge >= 0.3 is 0 Å². The number of thioether (sulfide) groups is 1. The van der Waals surface area contributed by atoms with E-state index in [9.17, 15) is 10.1 Å². The highest BCUT2D eigenvalue weighted by molar-refractivity contribution is 7.99. The minimum absolute atomic E-state index is 0.113. The normalized spacial score (nSPS) is 10.7. The summed E-state index contributed by atoms with van der Waals surface area (Å²) in [4.78, 5) is 21.2. The maximum absolute atomic E-state index is 12.3. The van der Waals surface area contributed by atoms with Gasteiger partial charge in [-0.25, -0.2) is 9.97 Å². The van der Waals surface area contributed by atoms with E-state index in [0.717, 1.165) is 32.8 Å². The average molecular weight is 413 g/mol. The summed E-state index contributed by atoms with van der Waals surface area (Å²) in [5, 5.41) is 13.5. The van der Waals surface area contributed by atoms with Crippen molar-refractivity contribution in [3.05, 3.63) is 40.6 Å². The molecule has 3 aromatic rings. The second-order valence-electron chi connectivity index (χ2n) is 6.24. The van der Waals surface area contributed by atoms with Crippen molar-refractivity contribution in [2.45, 2.75) is 32.2 Å². The number of rotatable bonds is 6. The Morgan fingerprint density at radius 1 is 1.29 bits per heavy atom. The van der Waals surface area contributed by atoms with Crippen molar-refractivity contribution in [1.82, 2.24) is 9.97 Å². The molecule has 0 saturated carbocycles. The third kappa shape index (κ3) is 4.26. The van der Waals surface area contributed by atoms with Gasteiger partial charge in [-0.05, 0) is 50.1 Å². The summed E-state index contributed by atoms with van der Waals surface area (Å²) in [5.74, 6) is 1.18. The largest absolute Gasteiger partial charge is 0.497 e. The molecule has 6 nitrogen and oxygen atoms in total. The van der Waals surface area contributed by atoms with Crippen molar-refractivity contribution in [2.75, 3.05) is 18.2 Å². The van der Waals surface area contributed by atoms with Gasteiger partial charge in [0, 0.05) is 17.9 Å². The number of nitriles is 1. The minimum atomic E-state index is -0.113. The van der Waals surface area contributed by atoms with Crippen molar-refractivity contribution in [3.8, 4) is 11.8 Å². The van der Waals surface area contributed by atoms with Crippen molar-refractivity contribution in [3.63, 3.8) is 0 Å². The molecule has 1 aromatic carbocycles. The lowest BCUT2D eigenvalue weighted by Gasteiger charge is -2.10. The van der Waals surface area contributed by atoms with Crippen LogP contribution in [0.5, 0.6) is 5.75 Å². The van der Waals surface area contributed by atoms with Gasteiger partial charge in [0.25, 0.3) is 0 Å². The van der Waals surface area contributed by atoms with Crippen LogP contribution in [-0.2, 0) is 4.79 Å². The maximum Gasteiger partial charge on any atom is 0.226 e.